The van der Waals surface area contributed by atoms with E-state index in [-0.39, 0.29) is 17.0 Å². The van der Waals surface area contributed by atoms with Gasteiger partial charge < -0.3 is 20.3 Å². The minimum absolute atomic E-state index is 0.0667. The number of aromatic carboxylic acids is 1. The molecule has 3 N–H and O–H groups in total. The molecule has 1 amide bonds. The highest BCUT2D eigenvalue weighted by Crippen LogP contribution is 2.33. The standard InChI is InChI=1S/C28H26N4O4S/c1-16-20(7-5-8-21(16)31-27(34)24-13-17-6-3-4-9-23(17)37-24)19-12-22(26(33)30-15-19)32(2)25-11-10-18(14-29-25)28(35)36/h5,7-8,10-15H,3-4,6,9H2,1-2H3,(H,30,33)(H,31,34)(H,35,36). The van der Waals surface area contributed by atoms with E-state index in [9.17, 15) is 14.4 Å². The van der Waals surface area contributed by atoms with Crippen LogP contribution in [0.25, 0.3) is 11.1 Å². The van der Waals surface area contributed by atoms with Crippen LogP contribution in [0.4, 0.5) is 17.2 Å². The van der Waals surface area contributed by atoms with Gasteiger partial charge in [0, 0.05) is 35.6 Å². The van der Waals surface area contributed by atoms with Crippen LogP contribution in [-0.2, 0) is 12.8 Å². The Morgan fingerprint density at radius 3 is 2.68 bits per heavy atom. The van der Waals surface area contributed by atoms with Crippen molar-refractivity contribution >= 4 is 40.4 Å². The molecule has 0 spiro atoms. The van der Waals surface area contributed by atoms with Gasteiger partial charge in [-0.25, -0.2) is 9.78 Å². The maximum Gasteiger partial charge on any atom is 0.337 e. The van der Waals surface area contributed by atoms with Gasteiger partial charge in [-0.1, -0.05) is 12.1 Å². The zero-order chi connectivity index (χ0) is 26.1. The number of aromatic amines is 1. The van der Waals surface area contributed by atoms with E-state index in [4.69, 9.17) is 5.11 Å². The lowest BCUT2D eigenvalue weighted by molar-refractivity contribution is 0.0696. The third kappa shape index (κ3) is 4.90. The van der Waals surface area contributed by atoms with Crippen molar-refractivity contribution in [1.82, 2.24) is 9.97 Å². The fraction of sp³-hybridized carbons (Fsp3) is 0.214. The largest absolute Gasteiger partial charge is 0.478 e. The highest BCUT2D eigenvalue weighted by molar-refractivity contribution is 7.14. The van der Waals surface area contributed by atoms with Crippen molar-refractivity contribution in [3.8, 4) is 11.1 Å². The smallest absolute Gasteiger partial charge is 0.337 e. The Hall–Kier alpha value is -4.24. The summed E-state index contributed by atoms with van der Waals surface area (Å²) < 4.78 is 0. The number of carbonyl (C=O) groups is 2. The minimum atomic E-state index is -1.07. The highest BCUT2D eigenvalue weighted by Gasteiger charge is 2.19. The van der Waals surface area contributed by atoms with Crippen LogP contribution in [0, 0.1) is 6.92 Å². The number of aryl methyl sites for hydroxylation is 2. The predicted octanol–water partition coefficient (Wildman–Crippen LogP) is 5.40. The Labute approximate surface area is 217 Å². The molecule has 0 unspecified atom stereocenters. The van der Waals surface area contributed by atoms with Gasteiger partial charge in [-0.15, -0.1) is 11.3 Å². The topological polar surface area (TPSA) is 115 Å². The zero-order valence-corrected chi connectivity index (χ0v) is 21.3. The second kappa shape index (κ2) is 10.0. The van der Waals surface area contributed by atoms with E-state index in [0.29, 0.717) is 17.2 Å². The van der Waals surface area contributed by atoms with Gasteiger partial charge in [0.2, 0.25) is 0 Å². The average molecular weight is 515 g/mol. The number of pyridine rings is 2. The van der Waals surface area contributed by atoms with Crippen LogP contribution in [0.15, 0.2) is 59.7 Å². The normalized spacial score (nSPS) is 12.6. The van der Waals surface area contributed by atoms with Crippen LogP contribution in [0.5, 0.6) is 0 Å². The third-order valence-electron chi connectivity index (χ3n) is 6.70. The van der Waals surface area contributed by atoms with E-state index in [1.54, 1.807) is 41.6 Å². The molecule has 8 nitrogen and oxygen atoms in total. The summed E-state index contributed by atoms with van der Waals surface area (Å²) in [6.45, 7) is 1.94. The van der Waals surface area contributed by atoms with Crippen molar-refractivity contribution in [3.63, 3.8) is 0 Å². The lowest BCUT2D eigenvalue weighted by Crippen LogP contribution is -2.21. The molecule has 0 atom stereocenters. The number of rotatable bonds is 6. The average Bonchev–Trinajstić information content (AvgIpc) is 3.35. The summed E-state index contributed by atoms with van der Waals surface area (Å²) in [5, 5.41) is 12.2. The van der Waals surface area contributed by atoms with Gasteiger partial charge in [0.05, 0.1) is 10.4 Å². The number of benzene rings is 1. The maximum atomic E-state index is 13.0. The lowest BCUT2D eigenvalue weighted by atomic mass is 9.99. The quantitative estimate of drug-likeness (QED) is 0.317. The van der Waals surface area contributed by atoms with Crippen LogP contribution < -0.4 is 15.8 Å². The molecule has 188 valence electrons. The third-order valence-corrected chi connectivity index (χ3v) is 7.93. The molecular formula is C28H26N4O4S. The highest BCUT2D eigenvalue weighted by atomic mass is 32.1. The van der Waals surface area contributed by atoms with Crippen molar-refractivity contribution in [2.24, 2.45) is 0 Å². The summed E-state index contributed by atoms with van der Waals surface area (Å²) in [7, 11) is 1.70. The van der Waals surface area contributed by atoms with Crippen molar-refractivity contribution in [2.45, 2.75) is 32.6 Å². The molecule has 37 heavy (non-hydrogen) atoms. The molecule has 0 bridgehead atoms. The monoisotopic (exact) mass is 514 g/mol. The van der Waals surface area contributed by atoms with Crippen LogP contribution in [-0.4, -0.2) is 34.0 Å². The summed E-state index contributed by atoms with van der Waals surface area (Å²) in [6, 6.07) is 12.5. The molecule has 5 rings (SSSR count). The first-order chi connectivity index (χ1) is 17.8. The van der Waals surface area contributed by atoms with Crippen molar-refractivity contribution in [2.75, 3.05) is 17.3 Å². The first-order valence-corrected chi connectivity index (χ1v) is 12.8. The number of nitrogens with one attached hydrogen (secondary N) is 2. The minimum Gasteiger partial charge on any atom is -0.478 e. The van der Waals surface area contributed by atoms with Gasteiger partial charge in [-0.2, -0.15) is 0 Å². The lowest BCUT2D eigenvalue weighted by Gasteiger charge is -2.19. The van der Waals surface area contributed by atoms with Gasteiger partial charge in [-0.05, 0) is 79.6 Å². The van der Waals surface area contributed by atoms with Crippen molar-refractivity contribution < 1.29 is 14.7 Å². The fourth-order valence-corrected chi connectivity index (χ4v) is 5.73. The second-order valence-electron chi connectivity index (χ2n) is 9.07. The molecule has 1 aromatic carbocycles. The van der Waals surface area contributed by atoms with E-state index >= 15 is 0 Å². The van der Waals surface area contributed by atoms with Gasteiger partial charge in [0.15, 0.2) is 0 Å². The van der Waals surface area contributed by atoms with Crippen LogP contribution in [0.3, 0.4) is 0 Å². The van der Waals surface area contributed by atoms with Crippen LogP contribution >= 0.6 is 11.3 Å². The number of carbonyl (C=O) groups excluding carboxylic acids is 1. The predicted molar refractivity (Wildman–Crippen MR) is 145 cm³/mol. The SMILES string of the molecule is Cc1c(NC(=O)c2cc3c(s2)CCCC3)cccc1-c1c[nH]c(=O)c(N(C)c2ccc(C(=O)O)cn2)c1. The molecule has 0 fully saturated rings. The summed E-state index contributed by atoms with van der Waals surface area (Å²) in [6.07, 6.45) is 7.33. The molecule has 1 aliphatic rings. The van der Waals surface area contributed by atoms with E-state index in [1.807, 2.05) is 31.2 Å². The Morgan fingerprint density at radius 2 is 1.95 bits per heavy atom. The first kappa shape index (κ1) is 24.5. The molecule has 0 aliphatic heterocycles. The number of thiophene rings is 1. The molecule has 0 saturated carbocycles. The summed E-state index contributed by atoms with van der Waals surface area (Å²) in [5.41, 5.74) is 4.63. The number of amides is 1. The van der Waals surface area contributed by atoms with Crippen LogP contribution in [0.1, 0.15) is 48.9 Å². The molecule has 0 saturated heterocycles. The molecule has 9 heteroatoms. The maximum absolute atomic E-state index is 13.0. The Morgan fingerprint density at radius 1 is 1.14 bits per heavy atom. The fourth-order valence-electron chi connectivity index (χ4n) is 4.58. The van der Waals surface area contributed by atoms with Crippen molar-refractivity contribution in [3.05, 3.63) is 91.7 Å². The van der Waals surface area contributed by atoms with E-state index in [1.165, 1.54) is 35.5 Å². The summed E-state index contributed by atoms with van der Waals surface area (Å²) in [4.78, 5) is 47.4. The van der Waals surface area contributed by atoms with E-state index in [0.717, 1.165) is 34.4 Å². The van der Waals surface area contributed by atoms with E-state index in [2.05, 4.69) is 15.3 Å². The summed E-state index contributed by atoms with van der Waals surface area (Å²) >= 11 is 1.58. The number of carboxylic acid groups (broad SMARTS) is 1. The number of hydrogen-bond acceptors (Lipinski definition) is 6. The molecule has 4 aromatic rings. The van der Waals surface area contributed by atoms with E-state index < -0.39 is 5.97 Å². The number of hydrogen-bond donors (Lipinski definition) is 3. The van der Waals surface area contributed by atoms with Gasteiger partial charge in [0.25, 0.3) is 11.5 Å². The van der Waals surface area contributed by atoms with Gasteiger partial charge >= 0.3 is 5.97 Å². The molecular weight excluding hydrogens is 488 g/mol. The first-order valence-electron chi connectivity index (χ1n) is 12.0. The Kier molecular flexibility index (Phi) is 6.62. The summed E-state index contributed by atoms with van der Waals surface area (Å²) in [5.74, 6) is -0.746. The number of H-pyrrole nitrogens is 1. The Balaban J connectivity index is 1.42. The second-order valence-corrected chi connectivity index (χ2v) is 10.2. The number of nitrogens with zero attached hydrogens (tertiary/aromatic N) is 2. The molecule has 3 heterocycles. The number of anilines is 3. The molecule has 1 aliphatic carbocycles. The van der Waals surface area contributed by atoms with Crippen LogP contribution in [0.2, 0.25) is 0 Å². The zero-order valence-electron chi connectivity index (χ0n) is 20.5. The molecule has 3 aromatic heterocycles. The van der Waals surface area contributed by atoms with Crippen molar-refractivity contribution in [1.29, 1.82) is 0 Å². The van der Waals surface area contributed by atoms with Gasteiger partial charge in [0.1, 0.15) is 11.5 Å². The number of fused-ring (bicyclic) bond motifs is 1. The molecule has 0 radical (unpaired) electrons. The van der Waals surface area contributed by atoms with Gasteiger partial charge in [-0.3, -0.25) is 9.59 Å². The number of aromatic nitrogens is 2. The number of carboxylic acids is 1. The Bertz CT molecular complexity index is 1530.